The van der Waals surface area contributed by atoms with Gasteiger partial charge in [-0.15, -0.1) is 0 Å². The lowest BCUT2D eigenvalue weighted by Crippen LogP contribution is -2.09. The molecular weight excluding hydrogens is 491 g/mol. The maximum Gasteiger partial charge on any atom is 0.0511 e. The molecule has 190 valence electrons. The van der Waals surface area contributed by atoms with E-state index >= 15 is 0 Å². The van der Waals surface area contributed by atoms with Gasteiger partial charge in [0.2, 0.25) is 0 Å². The molecule has 0 aliphatic carbocycles. The molecule has 6 aromatic carbocycles. The molecule has 0 aliphatic heterocycles. The van der Waals surface area contributed by atoms with E-state index in [4.69, 9.17) is 2.56 Å². The molecular formula is C36H31N2P. The van der Waals surface area contributed by atoms with Crippen molar-refractivity contribution in [1.29, 1.82) is 2.56 Å². The predicted octanol–water partition coefficient (Wildman–Crippen LogP) is 10.4. The van der Waals surface area contributed by atoms with E-state index in [0.29, 0.717) is 0 Å². The third-order valence-electron chi connectivity index (χ3n) is 6.64. The highest BCUT2D eigenvalue weighted by atomic mass is 31.0. The first-order valence-electron chi connectivity index (χ1n) is 13.9. The first kappa shape index (κ1) is 23.5. The Hall–Kier alpha value is -4.65. The SMILES string of the molecule is [2H]P[3H].c1ccc(N(c2ccccc2)c2ccc(-c3ccc(N(c4ccccc4)c4ccccc4)cc3)cc2)cc1. The standard InChI is InChI=1S/C36H28N2.H3P/c1-5-13-31(14-6-1)37(32-15-7-2-8-16-32)35-25-21-29(22-26-35)30-23-27-36(28-24-30)38(33-17-9-3-10-18-33)34-19-11-4-12-20-34;/h1-28H;1H3/i;1TD. The van der Waals surface area contributed by atoms with Crippen LogP contribution >= 0.6 is 9.79 Å². The zero-order valence-corrected chi connectivity index (χ0v) is 22.6. The molecule has 0 saturated carbocycles. The van der Waals surface area contributed by atoms with Gasteiger partial charge in [0.1, 0.15) is 0 Å². The topological polar surface area (TPSA) is 6.48 Å². The van der Waals surface area contributed by atoms with Gasteiger partial charge in [-0.3, -0.25) is 0 Å². The summed E-state index contributed by atoms with van der Waals surface area (Å²) in [6, 6.07) is 59.6. The lowest BCUT2D eigenvalue weighted by molar-refractivity contribution is 1.28. The largest absolute Gasteiger partial charge is 0.311 e. The van der Waals surface area contributed by atoms with Crippen molar-refractivity contribution < 1.29 is 0 Å². The van der Waals surface area contributed by atoms with E-state index in [1.165, 1.54) is 11.1 Å². The van der Waals surface area contributed by atoms with Crippen molar-refractivity contribution in [3.63, 3.8) is 0 Å². The number of benzene rings is 6. The Bertz CT molecular complexity index is 1390. The molecule has 3 heteroatoms. The van der Waals surface area contributed by atoms with Gasteiger partial charge in [-0.05, 0) is 83.9 Å². The van der Waals surface area contributed by atoms with Crippen LogP contribution in [-0.4, -0.2) is 2.56 Å². The highest BCUT2D eigenvalue weighted by Crippen LogP contribution is 2.37. The average Bonchev–Trinajstić information content (AvgIpc) is 3.05. The van der Waals surface area contributed by atoms with E-state index in [9.17, 15) is 0 Å². The molecule has 1 unspecified atom stereocenters. The fourth-order valence-electron chi connectivity index (χ4n) is 4.81. The molecule has 0 aromatic heterocycles. The number of hydrogen-bond acceptors (Lipinski definition) is 2. The minimum absolute atomic E-state index is 0.417. The summed E-state index contributed by atoms with van der Waals surface area (Å²) < 4.78 is 11.8. The summed E-state index contributed by atoms with van der Waals surface area (Å²) in [5.41, 5.74) is 9.18. The third kappa shape index (κ3) is 5.77. The minimum Gasteiger partial charge on any atom is -0.311 e. The van der Waals surface area contributed by atoms with E-state index in [1.54, 1.807) is 0 Å². The average molecular weight is 526 g/mol. The van der Waals surface area contributed by atoms with Crippen LogP contribution in [0.15, 0.2) is 170 Å². The van der Waals surface area contributed by atoms with Crippen LogP contribution in [0.2, 0.25) is 0 Å². The summed E-state index contributed by atoms with van der Waals surface area (Å²) >= 11 is 0. The Morgan fingerprint density at radius 1 is 0.359 bits per heavy atom. The molecule has 0 bridgehead atoms. The van der Waals surface area contributed by atoms with E-state index in [0.717, 1.165) is 34.1 Å². The molecule has 0 heterocycles. The number of anilines is 6. The van der Waals surface area contributed by atoms with Crippen molar-refractivity contribution in [3.8, 4) is 11.1 Å². The van der Waals surface area contributed by atoms with Gasteiger partial charge in [-0.1, -0.05) is 97.1 Å². The van der Waals surface area contributed by atoms with Gasteiger partial charge in [0.25, 0.3) is 0 Å². The zero-order chi connectivity index (χ0) is 28.3. The van der Waals surface area contributed by atoms with Crippen LogP contribution in [0.4, 0.5) is 34.1 Å². The van der Waals surface area contributed by atoms with E-state index < -0.39 is 9.79 Å². The smallest absolute Gasteiger partial charge is 0.0511 e. The molecule has 0 radical (unpaired) electrons. The maximum atomic E-state index is 5.90. The van der Waals surface area contributed by atoms with Crippen molar-refractivity contribution in [2.45, 2.75) is 0 Å². The quantitative estimate of drug-likeness (QED) is 0.191. The number of rotatable bonds is 7. The highest BCUT2D eigenvalue weighted by Gasteiger charge is 2.13. The third-order valence-corrected chi connectivity index (χ3v) is 6.64. The molecule has 0 fully saturated rings. The monoisotopic (exact) mass is 525 g/mol. The number of nitrogens with zero attached hydrogens (tertiary/aromatic N) is 2. The molecule has 39 heavy (non-hydrogen) atoms. The summed E-state index contributed by atoms with van der Waals surface area (Å²) in [5.74, 6) is 0. The molecule has 0 saturated heterocycles. The Labute approximate surface area is 237 Å². The molecule has 0 amide bonds. The fourth-order valence-corrected chi connectivity index (χ4v) is 4.81. The summed E-state index contributed by atoms with van der Waals surface area (Å²) in [5, 5.41) is 0. The molecule has 0 N–H and O–H groups in total. The molecule has 0 spiro atoms. The Morgan fingerprint density at radius 3 is 0.795 bits per heavy atom. The predicted molar refractivity (Wildman–Crippen MR) is 172 cm³/mol. The lowest BCUT2D eigenvalue weighted by atomic mass is 10.0. The fraction of sp³-hybridized carbons (Fsp3) is 0. The van der Waals surface area contributed by atoms with Crippen LogP contribution in [0.5, 0.6) is 0 Å². The number of hydrogen-bond donors (Lipinski definition) is 0. The maximum absolute atomic E-state index is 5.90. The van der Waals surface area contributed by atoms with Gasteiger partial charge in [0, 0.05) is 34.1 Å². The van der Waals surface area contributed by atoms with Crippen LogP contribution in [0.3, 0.4) is 0 Å². The van der Waals surface area contributed by atoms with Crippen molar-refractivity contribution in [1.82, 2.24) is 0 Å². The Morgan fingerprint density at radius 2 is 0.564 bits per heavy atom. The van der Waals surface area contributed by atoms with Crippen molar-refractivity contribution in [3.05, 3.63) is 170 Å². The van der Waals surface area contributed by atoms with Crippen LogP contribution in [0.25, 0.3) is 11.1 Å². The van der Waals surface area contributed by atoms with Gasteiger partial charge in [-0.2, -0.15) is 9.79 Å². The lowest BCUT2D eigenvalue weighted by Gasteiger charge is -2.26. The summed E-state index contributed by atoms with van der Waals surface area (Å²) in [6.07, 6.45) is 0. The Kier molecular flexibility index (Phi) is 7.38. The van der Waals surface area contributed by atoms with Crippen molar-refractivity contribution in [2.75, 3.05) is 9.80 Å². The highest BCUT2D eigenvalue weighted by molar-refractivity contribution is 6.92. The number of para-hydroxylation sites is 4. The normalized spacial score (nSPS) is 11.2. The van der Waals surface area contributed by atoms with E-state index in [2.05, 4.69) is 180 Å². The van der Waals surface area contributed by atoms with Crippen molar-refractivity contribution in [2.24, 2.45) is 0 Å². The summed E-state index contributed by atoms with van der Waals surface area (Å²) in [6.45, 7) is 0. The zero-order valence-electron chi connectivity index (χ0n) is 23.6. The van der Waals surface area contributed by atoms with Crippen LogP contribution < -0.4 is 9.80 Å². The van der Waals surface area contributed by atoms with Crippen LogP contribution in [-0.2, 0) is 0 Å². The van der Waals surface area contributed by atoms with Gasteiger partial charge in [0.05, 0.1) is 2.56 Å². The van der Waals surface area contributed by atoms with Gasteiger partial charge in [0.15, 0.2) is 0 Å². The minimum atomic E-state index is -0.417. The first-order valence-corrected chi connectivity index (χ1v) is 12.9. The van der Waals surface area contributed by atoms with Crippen LogP contribution in [0.1, 0.15) is 0 Å². The molecule has 2 nitrogen and oxygen atoms in total. The second-order valence-electron chi connectivity index (χ2n) is 9.11. The van der Waals surface area contributed by atoms with Crippen molar-refractivity contribution >= 4 is 43.9 Å². The second-order valence-corrected chi connectivity index (χ2v) is 9.11. The molecule has 6 rings (SSSR count). The van der Waals surface area contributed by atoms with Gasteiger partial charge < -0.3 is 9.80 Å². The molecule has 0 aliphatic rings. The summed E-state index contributed by atoms with van der Waals surface area (Å²) in [7, 11) is -0.417. The molecule has 6 aromatic rings. The first-order chi connectivity index (χ1) is 20.3. The van der Waals surface area contributed by atoms with Crippen LogP contribution in [0, 0.1) is 0 Å². The second kappa shape index (κ2) is 12.3. The van der Waals surface area contributed by atoms with E-state index in [1.807, 2.05) is 0 Å². The Balaban J connectivity index is 0.00000108. The molecule has 1 atom stereocenters. The van der Waals surface area contributed by atoms with Gasteiger partial charge in [-0.25, -0.2) is 0 Å². The van der Waals surface area contributed by atoms with Gasteiger partial charge >= 0.3 is 0 Å². The summed E-state index contributed by atoms with van der Waals surface area (Å²) in [4.78, 5) is 4.56. The van der Waals surface area contributed by atoms with E-state index in [-0.39, 0.29) is 0 Å².